The van der Waals surface area contributed by atoms with E-state index in [1.54, 1.807) is 6.08 Å². The number of carbonyl (C=O) groups excluding carboxylic acids is 1. The van der Waals surface area contributed by atoms with E-state index >= 15 is 0 Å². The molecule has 0 aliphatic rings. The fourth-order valence-corrected chi connectivity index (χ4v) is 1.18. The van der Waals surface area contributed by atoms with Crippen LogP contribution >= 0.6 is 0 Å². The standard InChI is InChI=1S/C12H12N2O/c1-10(15)14-12-8-3-2-6-11(12)7-4-5-9-13/h2-4,6-8H,5H2,1H3,(H,14,15). The van der Waals surface area contributed by atoms with Gasteiger partial charge in [-0.1, -0.05) is 30.4 Å². The fraction of sp³-hybridized carbons (Fsp3) is 0.167. The van der Waals surface area contributed by atoms with Gasteiger partial charge in [0.1, 0.15) is 0 Å². The van der Waals surface area contributed by atoms with Crippen molar-refractivity contribution in [1.29, 1.82) is 5.26 Å². The molecule has 0 unspecified atom stereocenters. The number of anilines is 1. The largest absolute Gasteiger partial charge is 0.326 e. The molecule has 0 saturated carbocycles. The van der Waals surface area contributed by atoms with Crippen LogP contribution in [0.3, 0.4) is 0 Å². The molecule has 0 atom stereocenters. The number of carbonyl (C=O) groups is 1. The maximum Gasteiger partial charge on any atom is 0.221 e. The molecular formula is C12H12N2O. The van der Waals surface area contributed by atoms with Crippen molar-refractivity contribution in [2.45, 2.75) is 13.3 Å². The lowest BCUT2D eigenvalue weighted by Gasteiger charge is -2.05. The van der Waals surface area contributed by atoms with Crippen LogP contribution in [-0.4, -0.2) is 5.91 Å². The topological polar surface area (TPSA) is 52.9 Å². The number of para-hydroxylation sites is 1. The molecule has 3 heteroatoms. The minimum absolute atomic E-state index is 0.101. The first-order valence-corrected chi connectivity index (χ1v) is 4.64. The first-order valence-electron chi connectivity index (χ1n) is 4.64. The quantitative estimate of drug-likeness (QED) is 0.815. The molecule has 0 fully saturated rings. The van der Waals surface area contributed by atoms with E-state index in [0.29, 0.717) is 6.42 Å². The number of benzene rings is 1. The predicted molar refractivity (Wildman–Crippen MR) is 60.0 cm³/mol. The van der Waals surface area contributed by atoms with Crippen molar-refractivity contribution in [3.8, 4) is 6.07 Å². The monoisotopic (exact) mass is 200 g/mol. The number of hydrogen-bond donors (Lipinski definition) is 1. The van der Waals surface area contributed by atoms with Crippen molar-refractivity contribution in [1.82, 2.24) is 0 Å². The second-order valence-corrected chi connectivity index (χ2v) is 3.03. The molecule has 0 aliphatic carbocycles. The molecule has 0 bridgehead atoms. The summed E-state index contributed by atoms with van der Waals surface area (Å²) in [4.78, 5) is 10.9. The van der Waals surface area contributed by atoms with Crippen molar-refractivity contribution >= 4 is 17.7 Å². The van der Waals surface area contributed by atoms with Gasteiger partial charge in [-0.15, -0.1) is 0 Å². The number of nitrogens with one attached hydrogen (secondary N) is 1. The third-order valence-electron chi connectivity index (χ3n) is 1.78. The zero-order chi connectivity index (χ0) is 11.1. The Morgan fingerprint density at radius 2 is 2.27 bits per heavy atom. The number of hydrogen-bond acceptors (Lipinski definition) is 2. The van der Waals surface area contributed by atoms with Crippen LogP contribution in [0.4, 0.5) is 5.69 Å². The van der Waals surface area contributed by atoms with Gasteiger partial charge in [0.15, 0.2) is 0 Å². The van der Waals surface area contributed by atoms with Gasteiger partial charge in [0, 0.05) is 12.6 Å². The Bertz CT molecular complexity index is 416. The summed E-state index contributed by atoms with van der Waals surface area (Å²) < 4.78 is 0. The number of rotatable bonds is 3. The van der Waals surface area contributed by atoms with Crippen molar-refractivity contribution in [3.63, 3.8) is 0 Å². The molecule has 1 aromatic carbocycles. The minimum atomic E-state index is -0.101. The van der Waals surface area contributed by atoms with Gasteiger partial charge in [-0.2, -0.15) is 5.26 Å². The molecular weight excluding hydrogens is 188 g/mol. The average Bonchev–Trinajstić information content (AvgIpc) is 2.20. The van der Waals surface area contributed by atoms with Crippen LogP contribution in [0.1, 0.15) is 18.9 Å². The van der Waals surface area contributed by atoms with Crippen LogP contribution < -0.4 is 5.32 Å². The number of amides is 1. The summed E-state index contributed by atoms with van der Waals surface area (Å²) in [5.74, 6) is -0.101. The van der Waals surface area contributed by atoms with E-state index in [2.05, 4.69) is 5.32 Å². The number of allylic oxidation sites excluding steroid dienone is 1. The van der Waals surface area contributed by atoms with Gasteiger partial charge in [-0.25, -0.2) is 0 Å². The van der Waals surface area contributed by atoms with Crippen LogP contribution in [0.25, 0.3) is 6.08 Å². The minimum Gasteiger partial charge on any atom is -0.326 e. The molecule has 3 nitrogen and oxygen atoms in total. The van der Waals surface area contributed by atoms with E-state index in [4.69, 9.17) is 5.26 Å². The summed E-state index contributed by atoms with van der Waals surface area (Å²) in [7, 11) is 0. The Morgan fingerprint density at radius 3 is 2.93 bits per heavy atom. The molecule has 1 N–H and O–H groups in total. The molecule has 0 radical (unpaired) electrons. The van der Waals surface area contributed by atoms with Crippen LogP contribution in [0.15, 0.2) is 30.3 Å². The Morgan fingerprint density at radius 1 is 1.53 bits per heavy atom. The van der Waals surface area contributed by atoms with Crippen LogP contribution in [0.2, 0.25) is 0 Å². The Labute approximate surface area is 89.0 Å². The van der Waals surface area contributed by atoms with E-state index in [9.17, 15) is 4.79 Å². The van der Waals surface area contributed by atoms with E-state index in [-0.39, 0.29) is 5.91 Å². The second kappa shape index (κ2) is 5.61. The summed E-state index contributed by atoms with van der Waals surface area (Å²) in [6.07, 6.45) is 3.96. The van der Waals surface area contributed by atoms with Crippen molar-refractivity contribution in [3.05, 3.63) is 35.9 Å². The van der Waals surface area contributed by atoms with Gasteiger partial charge < -0.3 is 5.32 Å². The van der Waals surface area contributed by atoms with Gasteiger partial charge in [-0.05, 0) is 11.6 Å². The highest BCUT2D eigenvalue weighted by atomic mass is 16.1. The summed E-state index contributed by atoms with van der Waals surface area (Å²) in [6, 6.07) is 9.48. The van der Waals surface area contributed by atoms with Gasteiger partial charge in [0.25, 0.3) is 0 Å². The highest BCUT2D eigenvalue weighted by Gasteiger charge is 1.98. The highest BCUT2D eigenvalue weighted by molar-refractivity contribution is 5.91. The lowest BCUT2D eigenvalue weighted by Crippen LogP contribution is -2.06. The van der Waals surface area contributed by atoms with Crippen molar-refractivity contribution in [2.24, 2.45) is 0 Å². The van der Waals surface area contributed by atoms with E-state index < -0.39 is 0 Å². The van der Waals surface area contributed by atoms with E-state index in [1.165, 1.54) is 6.92 Å². The molecule has 1 amide bonds. The molecule has 0 saturated heterocycles. The van der Waals surface area contributed by atoms with E-state index in [1.807, 2.05) is 36.4 Å². The lowest BCUT2D eigenvalue weighted by atomic mass is 10.1. The molecule has 15 heavy (non-hydrogen) atoms. The molecule has 1 rings (SSSR count). The highest BCUT2D eigenvalue weighted by Crippen LogP contribution is 2.16. The summed E-state index contributed by atoms with van der Waals surface area (Å²) >= 11 is 0. The predicted octanol–water partition coefficient (Wildman–Crippen LogP) is 2.57. The summed E-state index contributed by atoms with van der Waals surface area (Å²) in [5, 5.41) is 11.1. The van der Waals surface area contributed by atoms with Crippen LogP contribution in [-0.2, 0) is 4.79 Å². The zero-order valence-electron chi connectivity index (χ0n) is 8.53. The first kappa shape index (κ1) is 11.0. The Kier molecular flexibility index (Phi) is 4.11. The molecule has 0 aromatic heterocycles. The fourth-order valence-electron chi connectivity index (χ4n) is 1.18. The van der Waals surface area contributed by atoms with Gasteiger partial charge in [0.2, 0.25) is 5.91 Å². The zero-order valence-corrected chi connectivity index (χ0v) is 8.53. The van der Waals surface area contributed by atoms with Crippen LogP contribution in [0, 0.1) is 11.3 Å². The summed E-state index contributed by atoms with van der Waals surface area (Å²) in [6.45, 7) is 1.47. The Hall–Kier alpha value is -2.08. The molecule has 0 aliphatic heterocycles. The Balaban J connectivity index is 2.87. The molecule has 76 valence electrons. The van der Waals surface area contributed by atoms with Gasteiger partial charge in [0.05, 0.1) is 12.5 Å². The smallest absolute Gasteiger partial charge is 0.221 e. The van der Waals surface area contributed by atoms with Crippen molar-refractivity contribution in [2.75, 3.05) is 5.32 Å². The molecule has 0 spiro atoms. The van der Waals surface area contributed by atoms with Gasteiger partial charge in [-0.3, -0.25) is 4.79 Å². The van der Waals surface area contributed by atoms with Crippen LogP contribution in [0.5, 0.6) is 0 Å². The van der Waals surface area contributed by atoms with Crippen molar-refractivity contribution < 1.29 is 4.79 Å². The first-order chi connectivity index (χ1) is 7.24. The number of nitriles is 1. The molecule has 1 aromatic rings. The third kappa shape index (κ3) is 3.65. The lowest BCUT2D eigenvalue weighted by molar-refractivity contribution is -0.114. The molecule has 0 heterocycles. The maximum atomic E-state index is 10.9. The average molecular weight is 200 g/mol. The second-order valence-electron chi connectivity index (χ2n) is 3.03. The van der Waals surface area contributed by atoms with E-state index in [0.717, 1.165) is 11.3 Å². The SMILES string of the molecule is CC(=O)Nc1ccccc1C=CCC#N. The maximum absolute atomic E-state index is 10.9. The normalized spacial score (nSPS) is 9.87. The van der Waals surface area contributed by atoms with Gasteiger partial charge >= 0.3 is 0 Å². The third-order valence-corrected chi connectivity index (χ3v) is 1.78. The number of nitrogens with zero attached hydrogens (tertiary/aromatic N) is 1. The summed E-state index contributed by atoms with van der Waals surface area (Å²) in [5.41, 5.74) is 1.67.